The Bertz CT molecular complexity index is 181. The number of carboxylic acids is 1. The molecule has 6 nitrogen and oxygen atoms in total. The van der Waals surface area contributed by atoms with Crippen LogP contribution in [0, 0.1) is 0 Å². The van der Waals surface area contributed by atoms with Crippen LogP contribution in [0.4, 0.5) is 0 Å². The van der Waals surface area contributed by atoms with Gasteiger partial charge in [-0.2, -0.15) is 0 Å². The van der Waals surface area contributed by atoms with E-state index < -0.39 is 12.0 Å². The predicted molar refractivity (Wildman–Crippen MR) is 45.5 cm³/mol. The molecule has 0 aliphatic rings. The number of nitrogens with two attached hydrogens (primary N) is 3. The van der Waals surface area contributed by atoms with Crippen LogP contribution in [0.3, 0.4) is 0 Å². The number of hydrogen-bond donors (Lipinski definition) is 4. The van der Waals surface area contributed by atoms with Crippen molar-refractivity contribution < 1.29 is 27.0 Å². The van der Waals surface area contributed by atoms with Crippen LogP contribution in [-0.2, 0) is 21.9 Å². The Morgan fingerprint density at radius 2 is 2.00 bits per heavy atom. The van der Waals surface area contributed by atoms with Gasteiger partial charge in [0, 0.05) is 6.54 Å². The predicted octanol–water partition coefficient (Wildman–Crippen LogP) is -1.55. The van der Waals surface area contributed by atoms with Gasteiger partial charge in [0.2, 0.25) is 0 Å². The molecule has 0 aromatic carbocycles. The molecule has 7 heteroatoms. The van der Waals surface area contributed by atoms with Crippen molar-refractivity contribution in [2.75, 3.05) is 6.54 Å². The summed E-state index contributed by atoms with van der Waals surface area (Å²) in [5.41, 5.74) is 15.3. The average molecular weight is 230 g/mol. The zero-order chi connectivity index (χ0) is 9.56. The molecular formula is C6H14FeN4O2+2. The van der Waals surface area contributed by atoms with Gasteiger partial charge in [-0.15, -0.1) is 0 Å². The molecule has 0 heterocycles. The third kappa shape index (κ3) is 9.13. The SMILES string of the molecule is NC(N)=NCCCC(N)C(=O)O.[Fe+2]. The molecule has 0 radical (unpaired) electrons. The molecule has 76 valence electrons. The molecule has 0 aliphatic carbocycles. The number of nitrogens with zero attached hydrogens (tertiary/aromatic N) is 1. The minimum atomic E-state index is -1.00. The second kappa shape index (κ2) is 7.85. The van der Waals surface area contributed by atoms with Crippen LogP contribution in [0.25, 0.3) is 0 Å². The molecule has 0 saturated carbocycles. The Morgan fingerprint density at radius 1 is 1.46 bits per heavy atom. The van der Waals surface area contributed by atoms with Crippen LogP contribution in [-0.4, -0.2) is 29.6 Å². The number of hydrogen-bond acceptors (Lipinski definition) is 3. The van der Waals surface area contributed by atoms with Gasteiger partial charge >= 0.3 is 23.0 Å². The average Bonchev–Trinajstić information content (AvgIpc) is 1.97. The standard InChI is InChI=1S/C6H14N4O2.Fe/c7-4(5(11)12)2-1-3-10-6(8)9;/h4H,1-3,7H2,(H,11,12)(H4,8,9,10);/q;+2. The van der Waals surface area contributed by atoms with Gasteiger partial charge in [-0.25, -0.2) is 0 Å². The molecule has 0 fully saturated rings. The Balaban J connectivity index is 0. The first-order chi connectivity index (χ1) is 5.54. The third-order valence-corrected chi connectivity index (χ3v) is 1.28. The minimum Gasteiger partial charge on any atom is -0.480 e. The molecule has 0 aromatic rings. The summed E-state index contributed by atoms with van der Waals surface area (Å²) in [5.74, 6) is -0.987. The summed E-state index contributed by atoms with van der Waals surface area (Å²) in [4.78, 5) is 13.9. The molecule has 1 unspecified atom stereocenters. The van der Waals surface area contributed by atoms with Gasteiger partial charge in [-0.3, -0.25) is 9.79 Å². The molecule has 7 N–H and O–H groups in total. The van der Waals surface area contributed by atoms with Gasteiger partial charge in [-0.1, -0.05) is 0 Å². The van der Waals surface area contributed by atoms with Gasteiger partial charge in [0.15, 0.2) is 5.96 Å². The second-order valence-electron chi connectivity index (χ2n) is 2.39. The van der Waals surface area contributed by atoms with Crippen LogP contribution in [0.15, 0.2) is 4.99 Å². The second-order valence-corrected chi connectivity index (χ2v) is 2.39. The fourth-order valence-electron chi connectivity index (χ4n) is 0.643. The largest absolute Gasteiger partial charge is 2.00 e. The summed E-state index contributed by atoms with van der Waals surface area (Å²) in [7, 11) is 0. The monoisotopic (exact) mass is 230 g/mol. The number of rotatable bonds is 5. The van der Waals surface area contributed by atoms with Crippen molar-refractivity contribution in [2.45, 2.75) is 18.9 Å². The van der Waals surface area contributed by atoms with Crippen LogP contribution in [0.1, 0.15) is 12.8 Å². The first-order valence-corrected chi connectivity index (χ1v) is 3.58. The molecule has 0 saturated heterocycles. The molecular weight excluding hydrogens is 216 g/mol. The molecule has 13 heavy (non-hydrogen) atoms. The Hall–Kier alpha value is -0.781. The molecule has 0 aromatic heterocycles. The van der Waals surface area contributed by atoms with E-state index in [1.54, 1.807) is 0 Å². The number of carbonyl (C=O) groups is 1. The van der Waals surface area contributed by atoms with E-state index in [-0.39, 0.29) is 23.0 Å². The van der Waals surface area contributed by atoms with E-state index in [1.807, 2.05) is 0 Å². The summed E-state index contributed by atoms with van der Waals surface area (Å²) in [6, 6.07) is -0.820. The number of aliphatic carboxylic acids is 1. The van der Waals surface area contributed by atoms with Crippen molar-refractivity contribution in [3.63, 3.8) is 0 Å². The third-order valence-electron chi connectivity index (χ3n) is 1.28. The Morgan fingerprint density at radius 3 is 2.38 bits per heavy atom. The number of aliphatic imine (C=N–C) groups is 1. The maximum absolute atomic E-state index is 10.2. The van der Waals surface area contributed by atoms with E-state index in [2.05, 4.69) is 4.99 Å². The summed E-state index contributed by atoms with van der Waals surface area (Å²) >= 11 is 0. The minimum absolute atomic E-state index is 0. The molecule has 0 rings (SSSR count). The van der Waals surface area contributed by atoms with E-state index in [1.165, 1.54) is 0 Å². The van der Waals surface area contributed by atoms with Crippen LogP contribution in [0.2, 0.25) is 0 Å². The maximum Gasteiger partial charge on any atom is 2.00 e. The van der Waals surface area contributed by atoms with Crippen LogP contribution >= 0.6 is 0 Å². The smallest absolute Gasteiger partial charge is 0.480 e. The van der Waals surface area contributed by atoms with Gasteiger partial charge < -0.3 is 22.3 Å². The van der Waals surface area contributed by atoms with Crippen molar-refractivity contribution in [1.82, 2.24) is 0 Å². The van der Waals surface area contributed by atoms with Crippen molar-refractivity contribution in [3.05, 3.63) is 0 Å². The zero-order valence-corrected chi connectivity index (χ0v) is 8.19. The quantitative estimate of drug-likeness (QED) is 0.197. The first-order valence-electron chi connectivity index (χ1n) is 3.58. The van der Waals surface area contributed by atoms with Gasteiger partial charge in [0.1, 0.15) is 6.04 Å². The summed E-state index contributed by atoms with van der Waals surface area (Å²) in [6.45, 7) is 0.420. The molecule has 1 atom stereocenters. The Labute approximate surface area is 87.0 Å². The summed E-state index contributed by atoms with van der Waals surface area (Å²) in [6.07, 6.45) is 0.956. The first kappa shape index (κ1) is 14.7. The van der Waals surface area contributed by atoms with Gasteiger partial charge in [0.05, 0.1) is 0 Å². The zero-order valence-electron chi connectivity index (χ0n) is 7.09. The van der Waals surface area contributed by atoms with Crippen molar-refractivity contribution in [1.29, 1.82) is 0 Å². The normalized spacial score (nSPS) is 11.2. The van der Waals surface area contributed by atoms with Crippen molar-refractivity contribution in [3.8, 4) is 0 Å². The van der Waals surface area contributed by atoms with E-state index in [0.717, 1.165) is 0 Å². The van der Waals surface area contributed by atoms with Gasteiger partial charge in [0.25, 0.3) is 0 Å². The fourth-order valence-corrected chi connectivity index (χ4v) is 0.643. The van der Waals surface area contributed by atoms with Crippen LogP contribution < -0.4 is 17.2 Å². The molecule has 0 amide bonds. The maximum atomic E-state index is 10.2. The van der Waals surface area contributed by atoms with E-state index >= 15 is 0 Å². The summed E-state index contributed by atoms with van der Waals surface area (Å²) < 4.78 is 0. The topological polar surface area (TPSA) is 128 Å². The summed E-state index contributed by atoms with van der Waals surface area (Å²) in [5, 5.41) is 8.38. The van der Waals surface area contributed by atoms with Crippen molar-refractivity contribution >= 4 is 11.9 Å². The van der Waals surface area contributed by atoms with Crippen molar-refractivity contribution in [2.24, 2.45) is 22.2 Å². The molecule has 0 aliphatic heterocycles. The Kier molecular flexibility index (Phi) is 8.89. The molecule has 0 spiro atoms. The van der Waals surface area contributed by atoms with E-state index in [0.29, 0.717) is 19.4 Å². The molecule has 0 bridgehead atoms. The van der Waals surface area contributed by atoms with E-state index in [4.69, 9.17) is 22.3 Å². The number of guanidine groups is 1. The van der Waals surface area contributed by atoms with Crippen LogP contribution in [0.5, 0.6) is 0 Å². The van der Waals surface area contributed by atoms with E-state index in [9.17, 15) is 4.79 Å². The number of carboxylic acid groups (broad SMARTS) is 1. The fraction of sp³-hybridized carbons (Fsp3) is 0.667. The van der Waals surface area contributed by atoms with Gasteiger partial charge in [-0.05, 0) is 12.8 Å².